The maximum atomic E-state index is 11.8. The lowest BCUT2D eigenvalue weighted by atomic mass is 10.3. The number of amides is 1. The molecule has 1 heterocycles. The number of anilines is 2. The van der Waals surface area contributed by atoms with Gasteiger partial charge in [0.15, 0.2) is 0 Å². The Morgan fingerprint density at radius 1 is 1.42 bits per heavy atom. The van der Waals surface area contributed by atoms with E-state index >= 15 is 0 Å². The fourth-order valence-electron chi connectivity index (χ4n) is 1.32. The monoisotopic (exact) mass is 338 g/mol. The van der Waals surface area contributed by atoms with Gasteiger partial charge in [-0.2, -0.15) is 0 Å². The van der Waals surface area contributed by atoms with Crippen molar-refractivity contribution in [2.24, 2.45) is 0 Å². The summed E-state index contributed by atoms with van der Waals surface area (Å²) in [5, 5.41) is 3.57. The Kier molecular flexibility index (Phi) is 4.75. The van der Waals surface area contributed by atoms with Gasteiger partial charge < -0.3 is 11.1 Å². The predicted octanol–water partition coefficient (Wildman–Crippen LogP) is 2.55. The highest BCUT2D eigenvalue weighted by Crippen LogP contribution is 2.25. The molecule has 19 heavy (non-hydrogen) atoms. The van der Waals surface area contributed by atoms with E-state index in [0.29, 0.717) is 11.4 Å². The number of benzene rings is 1. The van der Waals surface area contributed by atoms with Crippen molar-refractivity contribution in [2.75, 3.05) is 16.8 Å². The summed E-state index contributed by atoms with van der Waals surface area (Å²) in [6.45, 7) is 0. The van der Waals surface area contributed by atoms with E-state index in [0.717, 1.165) is 9.50 Å². The molecule has 0 aliphatic heterocycles. The fourth-order valence-corrected chi connectivity index (χ4v) is 2.45. The number of aromatic nitrogens is 2. The van der Waals surface area contributed by atoms with E-state index in [4.69, 9.17) is 5.73 Å². The van der Waals surface area contributed by atoms with Crippen LogP contribution in [0.3, 0.4) is 0 Å². The standard InChI is InChI=1S/C12H11BrN4OS/c13-9-5-8(14)1-2-10(9)17-11(18)6-19-12-3-4-15-7-16-12/h1-5,7H,6,14H2,(H,17,18). The quantitative estimate of drug-likeness (QED) is 0.508. The van der Waals surface area contributed by atoms with Crippen molar-refractivity contribution < 1.29 is 4.79 Å². The lowest BCUT2D eigenvalue weighted by Gasteiger charge is -2.07. The molecular formula is C12H11BrN4OS. The largest absolute Gasteiger partial charge is 0.399 e. The van der Waals surface area contributed by atoms with Gasteiger partial charge in [-0.3, -0.25) is 4.79 Å². The van der Waals surface area contributed by atoms with Crippen LogP contribution in [0.15, 0.2) is 46.3 Å². The van der Waals surface area contributed by atoms with Crippen molar-refractivity contribution in [3.05, 3.63) is 41.3 Å². The Bertz CT molecular complexity index is 579. The number of hydrogen-bond acceptors (Lipinski definition) is 5. The minimum Gasteiger partial charge on any atom is -0.399 e. The maximum Gasteiger partial charge on any atom is 0.234 e. The number of thioether (sulfide) groups is 1. The molecule has 0 spiro atoms. The molecule has 7 heteroatoms. The molecule has 2 aromatic rings. The van der Waals surface area contributed by atoms with Gasteiger partial charge in [0.1, 0.15) is 6.33 Å². The average Bonchev–Trinajstić information content (AvgIpc) is 2.41. The summed E-state index contributed by atoms with van der Waals surface area (Å²) in [4.78, 5) is 19.6. The van der Waals surface area contributed by atoms with E-state index in [1.165, 1.54) is 18.1 Å². The normalized spacial score (nSPS) is 10.2. The number of halogens is 1. The van der Waals surface area contributed by atoms with Crippen molar-refractivity contribution in [3.63, 3.8) is 0 Å². The van der Waals surface area contributed by atoms with E-state index in [2.05, 4.69) is 31.2 Å². The molecule has 0 aliphatic rings. The fraction of sp³-hybridized carbons (Fsp3) is 0.0833. The molecule has 1 aromatic heterocycles. The average molecular weight is 339 g/mol. The van der Waals surface area contributed by atoms with Gasteiger partial charge in [-0.05, 0) is 40.2 Å². The number of nitrogen functional groups attached to an aromatic ring is 1. The zero-order chi connectivity index (χ0) is 13.7. The van der Waals surface area contributed by atoms with Crippen LogP contribution in [0.1, 0.15) is 0 Å². The highest BCUT2D eigenvalue weighted by atomic mass is 79.9. The van der Waals surface area contributed by atoms with Gasteiger partial charge in [0.25, 0.3) is 0 Å². The lowest BCUT2D eigenvalue weighted by Crippen LogP contribution is -2.14. The van der Waals surface area contributed by atoms with Gasteiger partial charge in [-0.15, -0.1) is 0 Å². The number of nitrogens with two attached hydrogens (primary N) is 1. The zero-order valence-corrected chi connectivity index (χ0v) is 12.2. The number of nitrogens with zero attached hydrogens (tertiary/aromatic N) is 2. The van der Waals surface area contributed by atoms with Gasteiger partial charge in [0.2, 0.25) is 5.91 Å². The molecule has 0 unspecified atom stereocenters. The van der Waals surface area contributed by atoms with Crippen molar-refractivity contribution in [3.8, 4) is 0 Å². The maximum absolute atomic E-state index is 11.8. The van der Waals surface area contributed by atoms with Crippen molar-refractivity contribution in [1.82, 2.24) is 9.97 Å². The smallest absolute Gasteiger partial charge is 0.234 e. The number of carbonyl (C=O) groups is 1. The summed E-state index contributed by atoms with van der Waals surface area (Å²) >= 11 is 4.70. The van der Waals surface area contributed by atoms with Gasteiger partial charge in [0.05, 0.1) is 16.5 Å². The highest BCUT2D eigenvalue weighted by molar-refractivity contribution is 9.10. The van der Waals surface area contributed by atoms with E-state index < -0.39 is 0 Å². The van der Waals surface area contributed by atoms with Crippen LogP contribution in [0.4, 0.5) is 11.4 Å². The summed E-state index contributed by atoms with van der Waals surface area (Å²) in [5.74, 6) is 0.183. The molecule has 1 amide bonds. The first-order valence-corrected chi connectivity index (χ1v) is 7.16. The first-order chi connectivity index (χ1) is 9.15. The van der Waals surface area contributed by atoms with Gasteiger partial charge in [-0.1, -0.05) is 11.8 Å². The minimum atomic E-state index is -0.103. The topological polar surface area (TPSA) is 80.9 Å². The molecule has 0 radical (unpaired) electrons. The second kappa shape index (κ2) is 6.53. The Morgan fingerprint density at radius 3 is 2.95 bits per heavy atom. The second-order valence-electron chi connectivity index (χ2n) is 3.62. The molecular weight excluding hydrogens is 328 g/mol. The van der Waals surface area contributed by atoms with E-state index in [-0.39, 0.29) is 11.7 Å². The van der Waals surface area contributed by atoms with Crippen LogP contribution in [0.5, 0.6) is 0 Å². The van der Waals surface area contributed by atoms with Crippen LogP contribution in [0, 0.1) is 0 Å². The molecule has 1 aromatic carbocycles. The van der Waals surface area contributed by atoms with Crippen molar-refractivity contribution >= 4 is 45.0 Å². The van der Waals surface area contributed by atoms with Crippen LogP contribution in [-0.4, -0.2) is 21.6 Å². The molecule has 0 saturated carbocycles. The highest BCUT2D eigenvalue weighted by Gasteiger charge is 2.07. The molecule has 0 fully saturated rings. The van der Waals surface area contributed by atoms with Crippen LogP contribution in [0.25, 0.3) is 0 Å². The first-order valence-electron chi connectivity index (χ1n) is 5.39. The molecule has 0 bridgehead atoms. The molecule has 2 rings (SSSR count). The van der Waals surface area contributed by atoms with Crippen molar-refractivity contribution in [1.29, 1.82) is 0 Å². The van der Waals surface area contributed by atoms with E-state index in [1.54, 1.807) is 30.5 Å². The van der Waals surface area contributed by atoms with Crippen LogP contribution in [0.2, 0.25) is 0 Å². The van der Waals surface area contributed by atoms with Crippen LogP contribution >= 0.6 is 27.7 Å². The number of hydrogen-bond donors (Lipinski definition) is 2. The lowest BCUT2D eigenvalue weighted by molar-refractivity contribution is -0.113. The number of carbonyl (C=O) groups excluding carboxylic acids is 1. The molecule has 0 aliphatic carbocycles. The van der Waals surface area contributed by atoms with Gasteiger partial charge in [-0.25, -0.2) is 9.97 Å². The second-order valence-corrected chi connectivity index (χ2v) is 5.47. The SMILES string of the molecule is Nc1ccc(NC(=O)CSc2ccncn2)c(Br)c1. The minimum absolute atomic E-state index is 0.103. The summed E-state index contributed by atoms with van der Waals surface area (Å²) in [6.07, 6.45) is 3.10. The summed E-state index contributed by atoms with van der Waals surface area (Å²) in [7, 11) is 0. The predicted molar refractivity (Wildman–Crippen MR) is 79.9 cm³/mol. The molecule has 5 nitrogen and oxygen atoms in total. The number of nitrogens with one attached hydrogen (secondary N) is 1. The van der Waals surface area contributed by atoms with Gasteiger partial charge >= 0.3 is 0 Å². The molecule has 0 saturated heterocycles. The Balaban J connectivity index is 1.91. The number of rotatable bonds is 4. The molecule has 3 N–H and O–H groups in total. The van der Waals surface area contributed by atoms with Crippen LogP contribution < -0.4 is 11.1 Å². The third kappa shape index (κ3) is 4.22. The van der Waals surface area contributed by atoms with Crippen molar-refractivity contribution in [2.45, 2.75) is 5.03 Å². The van der Waals surface area contributed by atoms with Crippen LogP contribution in [-0.2, 0) is 4.79 Å². The third-order valence-electron chi connectivity index (χ3n) is 2.17. The Hall–Kier alpha value is -1.60. The molecule has 98 valence electrons. The van der Waals surface area contributed by atoms with E-state index in [1.807, 2.05) is 0 Å². The summed E-state index contributed by atoms with van der Waals surface area (Å²) in [6, 6.07) is 6.99. The van der Waals surface area contributed by atoms with E-state index in [9.17, 15) is 4.79 Å². The zero-order valence-electron chi connectivity index (χ0n) is 9.84. The third-order valence-corrected chi connectivity index (χ3v) is 3.77. The molecule has 0 atom stereocenters. The Morgan fingerprint density at radius 2 is 2.26 bits per heavy atom. The Labute approximate surface area is 123 Å². The van der Waals surface area contributed by atoms with Gasteiger partial charge in [0, 0.05) is 16.4 Å². The first kappa shape index (κ1) is 13.8. The summed E-state index contributed by atoms with van der Waals surface area (Å²) in [5.41, 5.74) is 6.97. The summed E-state index contributed by atoms with van der Waals surface area (Å²) < 4.78 is 0.757.